The van der Waals surface area contributed by atoms with Gasteiger partial charge in [-0.25, -0.2) is 4.68 Å². The summed E-state index contributed by atoms with van der Waals surface area (Å²) in [5.74, 6) is 0. The highest BCUT2D eigenvalue weighted by Crippen LogP contribution is 2.06. The van der Waals surface area contributed by atoms with Crippen LogP contribution >= 0.6 is 0 Å². The molecule has 0 amide bonds. The summed E-state index contributed by atoms with van der Waals surface area (Å²) in [6.45, 7) is 8.31. The molecule has 1 saturated heterocycles. The normalized spacial score (nSPS) is 16.6. The monoisotopic (exact) mass is 314 g/mol. The predicted molar refractivity (Wildman–Crippen MR) is 87.0 cm³/mol. The van der Waals surface area contributed by atoms with Gasteiger partial charge in [0.2, 0.25) is 0 Å². The molecule has 1 fully saturated rings. The predicted octanol–water partition coefficient (Wildman–Crippen LogP) is 0.160. The Morgan fingerprint density at radius 3 is 2.52 bits per heavy atom. The third-order valence-electron chi connectivity index (χ3n) is 4.10. The van der Waals surface area contributed by atoms with E-state index in [-0.39, 0.29) is 5.56 Å². The second-order valence-electron chi connectivity index (χ2n) is 5.85. The molecular weight excluding hydrogens is 292 g/mol. The summed E-state index contributed by atoms with van der Waals surface area (Å²) in [5, 5.41) is 4.09. The first-order valence-corrected chi connectivity index (χ1v) is 7.95. The minimum absolute atomic E-state index is 0.0379. The van der Waals surface area contributed by atoms with Crippen LogP contribution < -0.4 is 5.56 Å². The number of nitrogens with zero attached hydrogens (tertiary/aromatic N) is 6. The van der Waals surface area contributed by atoms with Gasteiger partial charge in [0, 0.05) is 63.9 Å². The Hall–Kier alpha value is -2.12. The fraction of sp³-hybridized carbons (Fsp3) is 0.500. The van der Waals surface area contributed by atoms with Crippen molar-refractivity contribution in [2.45, 2.75) is 20.0 Å². The fourth-order valence-corrected chi connectivity index (χ4v) is 2.69. The van der Waals surface area contributed by atoms with Crippen molar-refractivity contribution in [1.82, 2.24) is 29.5 Å². The zero-order chi connectivity index (χ0) is 16.1. The molecular formula is C16H22N6O. The van der Waals surface area contributed by atoms with Gasteiger partial charge in [-0.05, 0) is 13.0 Å². The molecule has 1 aliphatic rings. The summed E-state index contributed by atoms with van der Waals surface area (Å²) in [5.41, 5.74) is 1.93. The van der Waals surface area contributed by atoms with E-state index in [1.165, 1.54) is 4.68 Å². The van der Waals surface area contributed by atoms with E-state index >= 15 is 0 Å². The number of aromatic nitrogens is 4. The molecule has 0 unspecified atom stereocenters. The van der Waals surface area contributed by atoms with E-state index in [4.69, 9.17) is 0 Å². The number of hydrogen-bond donors (Lipinski definition) is 0. The van der Waals surface area contributed by atoms with Crippen molar-refractivity contribution in [2.75, 3.05) is 32.7 Å². The van der Waals surface area contributed by atoms with Crippen LogP contribution in [0.5, 0.6) is 0 Å². The molecule has 7 heteroatoms. The third-order valence-corrected chi connectivity index (χ3v) is 4.10. The van der Waals surface area contributed by atoms with Gasteiger partial charge in [0.05, 0.1) is 17.9 Å². The lowest BCUT2D eigenvalue weighted by Crippen LogP contribution is -2.47. The number of aryl methyl sites for hydroxylation is 1. The van der Waals surface area contributed by atoms with Crippen molar-refractivity contribution < 1.29 is 0 Å². The largest absolute Gasteiger partial charge is 0.299 e. The molecule has 0 N–H and O–H groups in total. The molecule has 0 radical (unpaired) electrons. The van der Waals surface area contributed by atoms with Crippen molar-refractivity contribution >= 4 is 0 Å². The van der Waals surface area contributed by atoms with Gasteiger partial charge in [-0.15, -0.1) is 0 Å². The van der Waals surface area contributed by atoms with Gasteiger partial charge in [-0.1, -0.05) is 0 Å². The van der Waals surface area contributed by atoms with Crippen molar-refractivity contribution in [2.24, 2.45) is 0 Å². The van der Waals surface area contributed by atoms with Crippen LogP contribution in [-0.4, -0.2) is 62.3 Å². The molecule has 2 aromatic rings. The van der Waals surface area contributed by atoms with E-state index in [9.17, 15) is 4.79 Å². The first kappa shape index (κ1) is 15.8. The molecule has 0 saturated carbocycles. The van der Waals surface area contributed by atoms with Crippen molar-refractivity contribution in [1.29, 1.82) is 0 Å². The lowest BCUT2D eigenvalue weighted by atomic mass is 10.3. The minimum atomic E-state index is -0.0379. The zero-order valence-electron chi connectivity index (χ0n) is 13.4. The van der Waals surface area contributed by atoms with E-state index in [2.05, 4.69) is 24.9 Å². The number of piperazine rings is 1. The van der Waals surface area contributed by atoms with Crippen molar-refractivity contribution in [3.8, 4) is 0 Å². The Morgan fingerprint density at radius 2 is 1.83 bits per heavy atom. The maximum Gasteiger partial charge on any atom is 0.266 e. The summed E-state index contributed by atoms with van der Waals surface area (Å²) < 4.78 is 1.52. The van der Waals surface area contributed by atoms with Crippen LogP contribution in [0.25, 0.3) is 0 Å². The first-order chi connectivity index (χ1) is 11.2. The molecule has 0 spiro atoms. The smallest absolute Gasteiger partial charge is 0.266 e. The van der Waals surface area contributed by atoms with Crippen molar-refractivity contribution in [3.63, 3.8) is 0 Å². The lowest BCUT2D eigenvalue weighted by Gasteiger charge is -2.34. The van der Waals surface area contributed by atoms with E-state index in [1.54, 1.807) is 18.3 Å². The van der Waals surface area contributed by atoms with Gasteiger partial charge in [-0.2, -0.15) is 5.10 Å². The maximum absolute atomic E-state index is 11.6. The van der Waals surface area contributed by atoms with Gasteiger partial charge in [0.15, 0.2) is 0 Å². The van der Waals surface area contributed by atoms with Crippen LogP contribution in [0.4, 0.5) is 0 Å². The van der Waals surface area contributed by atoms with Gasteiger partial charge >= 0.3 is 0 Å². The first-order valence-electron chi connectivity index (χ1n) is 7.95. The van der Waals surface area contributed by atoms with Crippen LogP contribution in [0.15, 0.2) is 35.5 Å². The molecule has 0 aliphatic carbocycles. The topological polar surface area (TPSA) is 67.2 Å². The Morgan fingerprint density at radius 1 is 1.04 bits per heavy atom. The zero-order valence-corrected chi connectivity index (χ0v) is 13.4. The van der Waals surface area contributed by atoms with Gasteiger partial charge in [0.25, 0.3) is 5.56 Å². The van der Waals surface area contributed by atoms with Gasteiger partial charge in [-0.3, -0.25) is 24.6 Å². The average molecular weight is 314 g/mol. The van der Waals surface area contributed by atoms with Gasteiger partial charge < -0.3 is 0 Å². The summed E-state index contributed by atoms with van der Waals surface area (Å²) in [6, 6.07) is 3.22. The van der Waals surface area contributed by atoms with Crippen LogP contribution in [0, 0.1) is 6.92 Å². The maximum atomic E-state index is 11.6. The standard InChI is InChI=1S/C16H22N6O/c1-14-11-18-15(12-17-14)13-21-7-5-20(6-8-21)9-10-22-16(23)3-2-4-19-22/h2-4,11-12H,5-10,13H2,1H3. The molecule has 3 heterocycles. The van der Waals surface area contributed by atoms with E-state index < -0.39 is 0 Å². The fourth-order valence-electron chi connectivity index (χ4n) is 2.69. The molecule has 3 rings (SSSR count). The molecule has 2 aromatic heterocycles. The third kappa shape index (κ3) is 4.43. The lowest BCUT2D eigenvalue weighted by molar-refractivity contribution is 0.121. The average Bonchev–Trinajstić information content (AvgIpc) is 2.58. The number of hydrogen-bond acceptors (Lipinski definition) is 6. The molecule has 7 nitrogen and oxygen atoms in total. The molecule has 1 aliphatic heterocycles. The highest BCUT2D eigenvalue weighted by atomic mass is 16.1. The SMILES string of the molecule is Cc1cnc(CN2CCN(CCn3ncccc3=O)CC2)cn1. The Balaban J connectivity index is 1.44. The minimum Gasteiger partial charge on any atom is -0.299 e. The molecule has 122 valence electrons. The molecule has 0 bridgehead atoms. The van der Waals surface area contributed by atoms with Crippen LogP contribution in [0.1, 0.15) is 11.4 Å². The van der Waals surface area contributed by atoms with Gasteiger partial charge in [0.1, 0.15) is 0 Å². The Bertz CT molecular complexity index is 675. The second kappa shape index (κ2) is 7.43. The number of rotatable bonds is 5. The van der Waals surface area contributed by atoms with Crippen LogP contribution in [0.3, 0.4) is 0 Å². The van der Waals surface area contributed by atoms with E-state index in [1.807, 2.05) is 19.3 Å². The highest BCUT2D eigenvalue weighted by Gasteiger charge is 2.17. The van der Waals surface area contributed by atoms with Crippen LogP contribution in [0.2, 0.25) is 0 Å². The summed E-state index contributed by atoms with van der Waals surface area (Å²) in [6.07, 6.45) is 5.33. The molecule has 0 aromatic carbocycles. The van der Waals surface area contributed by atoms with Crippen molar-refractivity contribution in [3.05, 3.63) is 52.5 Å². The molecule has 23 heavy (non-hydrogen) atoms. The van der Waals surface area contributed by atoms with E-state index in [0.717, 1.165) is 50.7 Å². The summed E-state index contributed by atoms with van der Waals surface area (Å²) in [4.78, 5) is 25.1. The second-order valence-corrected chi connectivity index (χ2v) is 5.85. The quantitative estimate of drug-likeness (QED) is 0.783. The Kier molecular flexibility index (Phi) is 5.09. The Labute approximate surface area is 135 Å². The van der Waals surface area contributed by atoms with Crippen LogP contribution in [-0.2, 0) is 13.1 Å². The summed E-state index contributed by atoms with van der Waals surface area (Å²) >= 11 is 0. The van der Waals surface area contributed by atoms with E-state index in [0.29, 0.717) is 6.54 Å². The highest BCUT2D eigenvalue weighted by molar-refractivity contribution is 5.00. The molecule has 0 atom stereocenters. The summed E-state index contributed by atoms with van der Waals surface area (Å²) in [7, 11) is 0.